The van der Waals surface area contributed by atoms with Gasteiger partial charge in [-0.25, -0.2) is 8.78 Å². The molecule has 0 saturated carbocycles. The van der Waals surface area contributed by atoms with Gasteiger partial charge in [0.15, 0.2) is 11.6 Å². The maximum absolute atomic E-state index is 14.3. The molecule has 0 aliphatic carbocycles. The first-order valence-corrected chi connectivity index (χ1v) is 11.0. The fraction of sp³-hybridized carbons (Fsp3) is 0.462. The van der Waals surface area contributed by atoms with Crippen molar-refractivity contribution >= 4 is 10.9 Å². The van der Waals surface area contributed by atoms with Crippen LogP contribution in [0.1, 0.15) is 51.8 Å². The Morgan fingerprint density at radius 2 is 1.97 bits per heavy atom. The quantitative estimate of drug-likeness (QED) is 0.526. The number of methoxy groups -OCH3 is 1. The number of fused-ring (bicyclic) bond motifs is 1. The van der Waals surface area contributed by atoms with Gasteiger partial charge in [0.25, 0.3) is 0 Å². The van der Waals surface area contributed by atoms with Gasteiger partial charge in [0.2, 0.25) is 0 Å². The van der Waals surface area contributed by atoms with Crippen molar-refractivity contribution in [1.82, 2.24) is 4.57 Å². The molecule has 0 bridgehead atoms. The maximum Gasteiger partial charge on any atom is 0.160 e. The van der Waals surface area contributed by atoms with E-state index in [1.54, 1.807) is 25.3 Å². The zero-order valence-electron chi connectivity index (χ0n) is 19.3. The molecule has 1 aliphatic heterocycles. The SMILES string of the molecule is COCC(C)(C)c1c(C2(C)CCC(C)OC2)c2c(O)cccc2n1-c1ccc(F)c(F)c1. The average Bonchev–Trinajstić information content (AvgIpc) is 3.11. The smallest absolute Gasteiger partial charge is 0.160 e. The van der Waals surface area contributed by atoms with Crippen molar-refractivity contribution in [3.8, 4) is 11.4 Å². The topological polar surface area (TPSA) is 43.6 Å². The van der Waals surface area contributed by atoms with Crippen LogP contribution < -0.4 is 0 Å². The zero-order chi connectivity index (χ0) is 23.3. The van der Waals surface area contributed by atoms with Gasteiger partial charge >= 0.3 is 0 Å². The Balaban J connectivity index is 2.13. The van der Waals surface area contributed by atoms with E-state index in [-0.39, 0.29) is 17.3 Å². The van der Waals surface area contributed by atoms with Crippen molar-refractivity contribution < 1.29 is 23.4 Å². The molecule has 2 atom stereocenters. The molecule has 4 nitrogen and oxygen atoms in total. The fourth-order valence-corrected chi connectivity index (χ4v) is 5.07. The first-order chi connectivity index (χ1) is 15.1. The van der Waals surface area contributed by atoms with E-state index in [4.69, 9.17) is 9.47 Å². The Morgan fingerprint density at radius 1 is 1.22 bits per heavy atom. The normalized spacial score (nSPS) is 21.9. The molecular formula is C26H31F2NO3. The summed E-state index contributed by atoms with van der Waals surface area (Å²) in [6, 6.07) is 9.26. The highest BCUT2D eigenvalue weighted by Crippen LogP contribution is 2.48. The van der Waals surface area contributed by atoms with Crippen LogP contribution >= 0.6 is 0 Å². The third-order valence-electron chi connectivity index (χ3n) is 6.67. The molecule has 2 heterocycles. The molecule has 1 fully saturated rings. The van der Waals surface area contributed by atoms with Crippen LogP contribution in [0.5, 0.6) is 5.75 Å². The number of aromatic nitrogens is 1. The molecular weight excluding hydrogens is 412 g/mol. The van der Waals surface area contributed by atoms with Crippen LogP contribution in [0.3, 0.4) is 0 Å². The Morgan fingerprint density at radius 3 is 2.59 bits per heavy atom. The molecule has 1 saturated heterocycles. The van der Waals surface area contributed by atoms with Crippen molar-refractivity contribution in [2.45, 2.75) is 57.5 Å². The lowest BCUT2D eigenvalue weighted by molar-refractivity contribution is -0.0154. The molecule has 2 unspecified atom stereocenters. The van der Waals surface area contributed by atoms with Crippen molar-refractivity contribution in [2.24, 2.45) is 0 Å². The number of hydrogen-bond donors (Lipinski definition) is 1. The van der Waals surface area contributed by atoms with E-state index in [2.05, 4.69) is 27.7 Å². The van der Waals surface area contributed by atoms with Gasteiger partial charge in [0.05, 0.1) is 24.8 Å². The highest BCUT2D eigenvalue weighted by molar-refractivity contribution is 5.94. The number of nitrogens with zero attached hydrogens (tertiary/aromatic N) is 1. The maximum atomic E-state index is 14.3. The number of aromatic hydroxyl groups is 1. The number of ether oxygens (including phenoxy) is 2. The van der Waals surface area contributed by atoms with Gasteiger partial charge < -0.3 is 19.1 Å². The predicted molar refractivity (Wildman–Crippen MR) is 122 cm³/mol. The van der Waals surface area contributed by atoms with Crippen LogP contribution in [0.15, 0.2) is 36.4 Å². The minimum absolute atomic E-state index is 0.160. The molecule has 0 amide bonds. The lowest BCUT2D eigenvalue weighted by Crippen LogP contribution is -2.39. The van der Waals surface area contributed by atoms with Gasteiger partial charge in [-0.2, -0.15) is 0 Å². The zero-order valence-corrected chi connectivity index (χ0v) is 19.3. The molecule has 0 spiro atoms. The molecule has 6 heteroatoms. The molecule has 1 aliphatic rings. The summed E-state index contributed by atoms with van der Waals surface area (Å²) >= 11 is 0. The Bertz CT molecular complexity index is 1140. The number of hydrogen-bond acceptors (Lipinski definition) is 3. The molecule has 3 aromatic rings. The van der Waals surface area contributed by atoms with Gasteiger partial charge in [0, 0.05) is 40.8 Å². The van der Waals surface area contributed by atoms with E-state index in [1.807, 2.05) is 10.6 Å². The molecule has 1 N–H and O–H groups in total. The molecule has 4 rings (SSSR count). The van der Waals surface area contributed by atoms with E-state index < -0.39 is 17.0 Å². The van der Waals surface area contributed by atoms with E-state index in [1.165, 1.54) is 6.07 Å². The van der Waals surface area contributed by atoms with Crippen LogP contribution in [0, 0.1) is 11.6 Å². The second-order valence-corrected chi connectivity index (χ2v) is 9.87. The number of phenolic OH excluding ortho intramolecular Hbond substituents is 1. The van der Waals surface area contributed by atoms with Crippen molar-refractivity contribution in [2.75, 3.05) is 20.3 Å². The summed E-state index contributed by atoms with van der Waals surface area (Å²) in [7, 11) is 1.65. The standard InChI is InChI=1S/C26H31F2NO3/c1-16-11-12-26(4,15-32-16)23-22-20(7-6-8-21(22)30)29(24(23)25(2,3)14-31-5)17-9-10-18(27)19(28)13-17/h6-10,13,16,30H,11-12,14-15H2,1-5H3. The summed E-state index contributed by atoms with van der Waals surface area (Å²) in [6.07, 6.45) is 1.95. The summed E-state index contributed by atoms with van der Waals surface area (Å²) in [5.41, 5.74) is 2.26. The van der Waals surface area contributed by atoms with Gasteiger partial charge in [-0.3, -0.25) is 0 Å². The first kappa shape index (κ1) is 22.7. The summed E-state index contributed by atoms with van der Waals surface area (Å²) in [5, 5.41) is 11.7. The van der Waals surface area contributed by atoms with Crippen molar-refractivity contribution in [1.29, 1.82) is 0 Å². The summed E-state index contributed by atoms with van der Waals surface area (Å²) in [6.45, 7) is 9.28. The summed E-state index contributed by atoms with van der Waals surface area (Å²) in [4.78, 5) is 0. The van der Waals surface area contributed by atoms with Crippen molar-refractivity contribution in [3.63, 3.8) is 0 Å². The highest BCUT2D eigenvalue weighted by Gasteiger charge is 2.42. The van der Waals surface area contributed by atoms with Crippen LogP contribution in [0.4, 0.5) is 8.78 Å². The Hall–Kier alpha value is -2.44. The number of halogens is 2. The molecule has 0 radical (unpaired) electrons. The second kappa shape index (κ2) is 8.16. The van der Waals surface area contributed by atoms with Crippen LogP contribution in [-0.4, -0.2) is 36.1 Å². The molecule has 2 aromatic carbocycles. The monoisotopic (exact) mass is 443 g/mol. The lowest BCUT2D eigenvalue weighted by atomic mass is 9.72. The van der Waals surface area contributed by atoms with E-state index >= 15 is 0 Å². The third-order valence-corrected chi connectivity index (χ3v) is 6.67. The number of benzene rings is 2. The Kier molecular flexibility index (Phi) is 5.80. The number of rotatable bonds is 5. The fourth-order valence-electron chi connectivity index (χ4n) is 5.07. The van der Waals surface area contributed by atoms with Crippen LogP contribution in [0.2, 0.25) is 0 Å². The van der Waals surface area contributed by atoms with E-state index in [0.717, 1.165) is 41.1 Å². The largest absolute Gasteiger partial charge is 0.507 e. The van der Waals surface area contributed by atoms with E-state index in [0.29, 0.717) is 18.9 Å². The van der Waals surface area contributed by atoms with E-state index in [9.17, 15) is 13.9 Å². The minimum atomic E-state index is -0.914. The summed E-state index contributed by atoms with van der Waals surface area (Å²) in [5.74, 6) is -1.65. The van der Waals surface area contributed by atoms with Gasteiger partial charge in [-0.15, -0.1) is 0 Å². The van der Waals surface area contributed by atoms with Crippen LogP contribution in [-0.2, 0) is 20.3 Å². The van der Waals surface area contributed by atoms with Crippen molar-refractivity contribution in [3.05, 3.63) is 59.3 Å². The second-order valence-electron chi connectivity index (χ2n) is 9.87. The predicted octanol–water partition coefficient (Wildman–Crippen LogP) is 5.99. The third kappa shape index (κ3) is 3.69. The average molecular weight is 444 g/mol. The first-order valence-electron chi connectivity index (χ1n) is 11.0. The molecule has 1 aromatic heterocycles. The molecule has 32 heavy (non-hydrogen) atoms. The number of phenols is 1. The Labute approximate surface area is 187 Å². The summed E-state index contributed by atoms with van der Waals surface area (Å²) < 4.78 is 41.7. The van der Waals surface area contributed by atoms with Gasteiger partial charge in [0.1, 0.15) is 5.75 Å². The van der Waals surface area contributed by atoms with Crippen LogP contribution in [0.25, 0.3) is 16.6 Å². The lowest BCUT2D eigenvalue weighted by Gasteiger charge is -2.39. The minimum Gasteiger partial charge on any atom is -0.507 e. The van der Waals surface area contributed by atoms with Gasteiger partial charge in [-0.05, 0) is 49.6 Å². The molecule has 172 valence electrons. The van der Waals surface area contributed by atoms with Gasteiger partial charge in [-0.1, -0.05) is 26.8 Å². The highest BCUT2D eigenvalue weighted by atomic mass is 19.2.